The molecule has 3 atom stereocenters. The second-order valence-corrected chi connectivity index (χ2v) is 6.62. The van der Waals surface area contributed by atoms with Crippen LogP contribution in [-0.2, 0) is 50.7 Å². The molecule has 0 amide bonds. The molecular weight excluding hydrogens is 494 g/mol. The number of hydrogen-bond donors (Lipinski definition) is 6. The average molecular weight is 518 g/mol. The second kappa shape index (κ2) is 16.1. The number of nitrogens with zero attached hydrogens (tertiary/aromatic N) is 3. The van der Waals surface area contributed by atoms with Gasteiger partial charge in [-0.3, -0.25) is 0 Å². The largest absolute Gasteiger partial charge is 3.00 e. The molecule has 0 saturated carbocycles. The standard InChI is InChI=1S/3C6H9N3O2.Fe/c3*7-5(6(10)11)1-4-2-8-3-9-4;/h3*2-3,5H,1,7H2,(H,8,9)(H,10,11);/q;;;+3/p-3. The summed E-state index contributed by atoms with van der Waals surface area (Å²) in [6.45, 7) is 0. The number of nitrogens with one attached hydrogen (secondary N) is 3. The number of carboxylic acid groups (broad SMARTS) is 3. The second-order valence-electron chi connectivity index (χ2n) is 6.62. The van der Waals surface area contributed by atoms with Crippen LogP contribution >= 0.6 is 0 Å². The Bertz CT molecular complexity index is 827. The number of aromatic amines is 3. The van der Waals surface area contributed by atoms with Crippen molar-refractivity contribution < 1.29 is 46.8 Å². The molecule has 3 aromatic rings. The molecule has 3 heterocycles. The van der Waals surface area contributed by atoms with E-state index in [0.29, 0.717) is 17.1 Å². The summed E-state index contributed by atoms with van der Waals surface area (Å²) in [7, 11) is 0. The molecule has 0 aliphatic rings. The average Bonchev–Trinajstić information content (AvgIpc) is 3.53. The van der Waals surface area contributed by atoms with Crippen LogP contribution in [0.15, 0.2) is 37.6 Å². The van der Waals surface area contributed by atoms with E-state index in [0.717, 1.165) is 0 Å². The Hall–Kier alpha value is -3.56. The van der Waals surface area contributed by atoms with Crippen molar-refractivity contribution >= 4 is 17.9 Å². The van der Waals surface area contributed by atoms with Gasteiger partial charge in [0.15, 0.2) is 0 Å². The molecule has 1 radical (unpaired) electrons. The number of aliphatic carboxylic acids is 3. The first-order valence-corrected chi connectivity index (χ1v) is 9.41. The third-order valence-corrected chi connectivity index (χ3v) is 3.89. The molecule has 185 valence electrons. The van der Waals surface area contributed by atoms with Crippen LogP contribution < -0.4 is 32.5 Å². The SMILES string of the molecule is NC(Cc1cnc[nH]1)C(=O)[O-].NC(Cc1cnc[nH]1)C(=O)[O-].NC(Cc1cnc[nH]1)C(=O)[O-].[Fe+3]. The van der Waals surface area contributed by atoms with Crippen molar-refractivity contribution in [2.45, 2.75) is 37.4 Å². The smallest absolute Gasteiger partial charge is 0.548 e. The maximum Gasteiger partial charge on any atom is 3.00 e. The molecule has 0 spiro atoms. The molecule has 0 bridgehead atoms. The Morgan fingerprint density at radius 2 is 0.882 bits per heavy atom. The van der Waals surface area contributed by atoms with Crippen LogP contribution in [0.4, 0.5) is 0 Å². The number of rotatable bonds is 9. The third kappa shape index (κ3) is 12.5. The van der Waals surface area contributed by atoms with Gasteiger partial charge >= 0.3 is 17.1 Å². The Balaban J connectivity index is 0.000000473. The van der Waals surface area contributed by atoms with Crippen molar-refractivity contribution in [2.24, 2.45) is 17.2 Å². The van der Waals surface area contributed by atoms with Gasteiger partial charge in [-0.05, 0) is 0 Å². The molecule has 15 nitrogen and oxygen atoms in total. The zero-order chi connectivity index (χ0) is 24.8. The Morgan fingerprint density at radius 3 is 1.03 bits per heavy atom. The van der Waals surface area contributed by atoms with E-state index in [1.54, 1.807) is 0 Å². The van der Waals surface area contributed by atoms with Crippen LogP contribution in [-0.4, -0.2) is 65.9 Å². The molecule has 16 heteroatoms. The fourth-order valence-corrected chi connectivity index (χ4v) is 2.15. The fraction of sp³-hybridized carbons (Fsp3) is 0.333. The van der Waals surface area contributed by atoms with Crippen molar-refractivity contribution in [2.75, 3.05) is 0 Å². The summed E-state index contributed by atoms with van der Waals surface area (Å²) in [5.41, 5.74) is 17.7. The van der Waals surface area contributed by atoms with Gasteiger partial charge in [0.05, 0.1) is 36.9 Å². The van der Waals surface area contributed by atoms with Gasteiger partial charge in [-0.15, -0.1) is 0 Å². The van der Waals surface area contributed by atoms with Crippen molar-refractivity contribution in [3.8, 4) is 0 Å². The first kappa shape index (κ1) is 30.4. The summed E-state index contributed by atoms with van der Waals surface area (Å²) in [5, 5.41) is 30.5. The van der Waals surface area contributed by atoms with Crippen molar-refractivity contribution in [1.29, 1.82) is 0 Å². The van der Waals surface area contributed by atoms with E-state index in [4.69, 9.17) is 17.2 Å². The van der Waals surface area contributed by atoms with Gasteiger partial charge in [-0.1, -0.05) is 0 Å². The number of hydrogen-bond acceptors (Lipinski definition) is 12. The van der Waals surface area contributed by atoms with Gasteiger partial charge in [0.2, 0.25) is 0 Å². The van der Waals surface area contributed by atoms with E-state index in [9.17, 15) is 29.7 Å². The normalized spacial score (nSPS) is 12.4. The van der Waals surface area contributed by atoms with Crippen LogP contribution in [0.3, 0.4) is 0 Å². The molecule has 9 N–H and O–H groups in total. The number of imidazole rings is 3. The van der Waals surface area contributed by atoms with Crippen molar-refractivity contribution in [3.05, 3.63) is 54.7 Å². The number of carboxylic acids is 3. The zero-order valence-electron chi connectivity index (χ0n) is 17.7. The summed E-state index contributed by atoms with van der Waals surface area (Å²) in [6, 6.07) is -2.89. The van der Waals surface area contributed by atoms with E-state index in [2.05, 4.69) is 29.9 Å². The van der Waals surface area contributed by atoms with E-state index >= 15 is 0 Å². The number of H-pyrrole nitrogens is 3. The van der Waals surface area contributed by atoms with Crippen LogP contribution in [0, 0.1) is 0 Å². The van der Waals surface area contributed by atoms with E-state index in [1.807, 2.05) is 0 Å². The summed E-state index contributed by atoms with van der Waals surface area (Å²) in [5.74, 6) is -3.75. The van der Waals surface area contributed by atoms with Gasteiger partial charge < -0.3 is 61.9 Å². The first-order chi connectivity index (χ1) is 15.6. The van der Waals surface area contributed by atoms with Gasteiger partial charge in [0.25, 0.3) is 0 Å². The molecule has 0 aromatic carbocycles. The minimum absolute atomic E-state index is 0. The van der Waals surface area contributed by atoms with E-state index in [1.165, 1.54) is 37.6 Å². The molecule has 3 aromatic heterocycles. The molecule has 3 unspecified atom stereocenters. The topological polar surface area (TPSA) is 284 Å². The van der Waals surface area contributed by atoms with Gasteiger partial charge in [0, 0.05) is 73.1 Å². The van der Waals surface area contributed by atoms with Gasteiger partial charge in [-0.25, -0.2) is 15.0 Å². The predicted molar refractivity (Wildman–Crippen MR) is 106 cm³/mol. The quantitative estimate of drug-likeness (QED) is 0.144. The number of carbonyl (C=O) groups is 3. The Kier molecular flexibility index (Phi) is 14.4. The molecule has 0 fully saturated rings. The number of aromatic nitrogens is 6. The molecule has 0 aliphatic heterocycles. The number of nitrogens with two attached hydrogens (primary N) is 3. The minimum Gasteiger partial charge on any atom is -0.548 e. The number of carbonyl (C=O) groups excluding carboxylic acids is 3. The van der Waals surface area contributed by atoms with Crippen molar-refractivity contribution in [3.63, 3.8) is 0 Å². The minimum atomic E-state index is -1.25. The van der Waals surface area contributed by atoms with E-state index < -0.39 is 36.0 Å². The van der Waals surface area contributed by atoms with Crippen LogP contribution in [0.2, 0.25) is 0 Å². The summed E-state index contributed by atoms with van der Waals surface area (Å²) >= 11 is 0. The molecule has 0 saturated heterocycles. The van der Waals surface area contributed by atoms with Crippen LogP contribution in [0.25, 0.3) is 0 Å². The Morgan fingerprint density at radius 1 is 0.647 bits per heavy atom. The predicted octanol–water partition coefficient (Wildman–Crippen LogP) is -5.91. The fourth-order valence-electron chi connectivity index (χ4n) is 2.15. The molecule has 3 rings (SSSR count). The summed E-state index contributed by atoms with van der Waals surface area (Å²) < 4.78 is 0. The van der Waals surface area contributed by atoms with Crippen molar-refractivity contribution in [1.82, 2.24) is 29.9 Å². The summed E-state index contributed by atoms with van der Waals surface area (Å²) in [6.07, 6.45) is 9.67. The maximum absolute atomic E-state index is 10.2. The molecular formula is C18H24FeN9O6. The zero-order valence-corrected chi connectivity index (χ0v) is 18.8. The van der Waals surface area contributed by atoms with Gasteiger partial charge in [0.1, 0.15) is 0 Å². The first-order valence-electron chi connectivity index (χ1n) is 9.41. The monoisotopic (exact) mass is 518 g/mol. The van der Waals surface area contributed by atoms with E-state index in [-0.39, 0.29) is 36.3 Å². The Labute approximate surface area is 204 Å². The van der Waals surface area contributed by atoms with Crippen LogP contribution in [0.5, 0.6) is 0 Å². The maximum atomic E-state index is 10.2. The van der Waals surface area contributed by atoms with Crippen LogP contribution in [0.1, 0.15) is 17.1 Å². The summed E-state index contributed by atoms with van der Waals surface area (Å²) in [4.78, 5) is 49.8. The molecule has 34 heavy (non-hydrogen) atoms. The third-order valence-electron chi connectivity index (χ3n) is 3.89. The molecule has 0 aliphatic carbocycles. The van der Waals surface area contributed by atoms with Gasteiger partial charge in [-0.2, -0.15) is 0 Å².